The highest BCUT2D eigenvalue weighted by atomic mass is 16.5. The van der Waals surface area contributed by atoms with Gasteiger partial charge in [0.15, 0.2) is 12.4 Å². The van der Waals surface area contributed by atoms with Crippen molar-refractivity contribution in [1.29, 1.82) is 0 Å². The lowest BCUT2D eigenvalue weighted by atomic mass is 9.80. The van der Waals surface area contributed by atoms with Crippen LogP contribution in [-0.4, -0.2) is 23.3 Å². The second kappa shape index (κ2) is 10.4. The standard InChI is InChI=1S/C34H27NO3/c36-32(26-17-15-25(16-18-26)23-9-3-1-4-10-23)22-38-34(37)33-28-13-7-8-14-30(28)35-31-20-19-27(21-29(31)33)24-11-5-2-6-12-24/h1-18,27H,19-22H2/t27-/m1/s1. The lowest BCUT2D eigenvalue weighted by molar-refractivity contribution is 0.0475. The van der Waals surface area contributed by atoms with Crippen molar-refractivity contribution in [3.05, 3.63) is 137 Å². The Morgan fingerprint density at radius 1 is 0.763 bits per heavy atom. The van der Waals surface area contributed by atoms with Crippen LogP contribution >= 0.6 is 0 Å². The van der Waals surface area contributed by atoms with Crippen LogP contribution in [0.2, 0.25) is 0 Å². The van der Waals surface area contributed by atoms with Crippen LogP contribution in [-0.2, 0) is 17.6 Å². The smallest absolute Gasteiger partial charge is 0.339 e. The van der Waals surface area contributed by atoms with Gasteiger partial charge >= 0.3 is 5.97 Å². The molecule has 0 N–H and O–H groups in total. The maximum atomic E-state index is 13.5. The van der Waals surface area contributed by atoms with E-state index in [0.717, 1.165) is 52.5 Å². The Morgan fingerprint density at radius 3 is 2.18 bits per heavy atom. The molecule has 0 saturated carbocycles. The summed E-state index contributed by atoms with van der Waals surface area (Å²) in [5.41, 5.74) is 7.10. The first-order chi connectivity index (χ1) is 18.7. The van der Waals surface area contributed by atoms with Crippen molar-refractivity contribution >= 4 is 22.7 Å². The molecule has 1 atom stereocenters. The van der Waals surface area contributed by atoms with Gasteiger partial charge in [0, 0.05) is 16.6 Å². The van der Waals surface area contributed by atoms with E-state index in [0.29, 0.717) is 17.0 Å². The van der Waals surface area contributed by atoms with E-state index in [9.17, 15) is 9.59 Å². The Balaban J connectivity index is 1.25. The van der Waals surface area contributed by atoms with Crippen LogP contribution in [0.25, 0.3) is 22.0 Å². The Morgan fingerprint density at radius 2 is 1.42 bits per heavy atom. The first-order valence-electron chi connectivity index (χ1n) is 13.0. The maximum Gasteiger partial charge on any atom is 0.339 e. The summed E-state index contributed by atoms with van der Waals surface area (Å²) < 4.78 is 5.66. The number of para-hydroxylation sites is 1. The number of aromatic nitrogens is 1. The SMILES string of the molecule is O=C(COC(=O)c1c2c(nc3ccccc13)CC[C@@H](c1ccccc1)C2)c1ccc(-c2ccccc2)cc1. The number of hydrogen-bond donors (Lipinski definition) is 0. The highest BCUT2D eigenvalue weighted by molar-refractivity contribution is 6.06. The van der Waals surface area contributed by atoms with Crippen molar-refractivity contribution in [1.82, 2.24) is 4.98 Å². The molecule has 1 aliphatic rings. The number of fused-ring (bicyclic) bond motifs is 2. The van der Waals surface area contributed by atoms with E-state index >= 15 is 0 Å². The molecule has 0 spiro atoms. The molecule has 0 unspecified atom stereocenters. The van der Waals surface area contributed by atoms with E-state index in [-0.39, 0.29) is 12.4 Å². The fourth-order valence-corrected chi connectivity index (χ4v) is 5.40. The van der Waals surface area contributed by atoms with Gasteiger partial charge in [0.1, 0.15) is 0 Å². The van der Waals surface area contributed by atoms with Crippen molar-refractivity contribution < 1.29 is 14.3 Å². The van der Waals surface area contributed by atoms with Crippen LogP contribution in [0.15, 0.2) is 109 Å². The van der Waals surface area contributed by atoms with Gasteiger partial charge in [-0.05, 0) is 53.5 Å². The summed E-state index contributed by atoms with van der Waals surface area (Å²) in [5, 5.41) is 0.768. The zero-order valence-corrected chi connectivity index (χ0v) is 21.0. The van der Waals surface area contributed by atoms with Gasteiger partial charge in [-0.15, -0.1) is 0 Å². The van der Waals surface area contributed by atoms with Crippen molar-refractivity contribution in [3.8, 4) is 11.1 Å². The quantitative estimate of drug-likeness (QED) is 0.184. The number of benzene rings is 4. The summed E-state index contributed by atoms with van der Waals surface area (Å²) in [7, 11) is 0. The van der Waals surface area contributed by atoms with E-state index in [2.05, 4.69) is 24.3 Å². The lowest BCUT2D eigenvalue weighted by Crippen LogP contribution is -2.21. The van der Waals surface area contributed by atoms with Crippen LogP contribution in [0.3, 0.4) is 0 Å². The van der Waals surface area contributed by atoms with Gasteiger partial charge in [-0.25, -0.2) is 4.79 Å². The van der Waals surface area contributed by atoms with Gasteiger partial charge in [0.25, 0.3) is 0 Å². The second-order valence-corrected chi connectivity index (χ2v) is 9.72. The summed E-state index contributed by atoms with van der Waals surface area (Å²) in [6.45, 7) is -0.308. The monoisotopic (exact) mass is 497 g/mol. The molecule has 0 radical (unpaired) electrons. The Hall–Kier alpha value is -4.57. The molecule has 1 aromatic heterocycles. The van der Waals surface area contributed by atoms with Crippen LogP contribution in [0, 0.1) is 0 Å². The van der Waals surface area contributed by atoms with Gasteiger partial charge < -0.3 is 4.74 Å². The number of nitrogens with zero attached hydrogens (tertiary/aromatic N) is 1. The van der Waals surface area contributed by atoms with E-state index in [4.69, 9.17) is 9.72 Å². The Kier molecular flexibility index (Phi) is 6.53. The summed E-state index contributed by atoms with van der Waals surface area (Å²) >= 11 is 0. The van der Waals surface area contributed by atoms with Crippen molar-refractivity contribution in [3.63, 3.8) is 0 Å². The molecule has 0 amide bonds. The highest BCUT2D eigenvalue weighted by Crippen LogP contribution is 2.36. The fourth-order valence-electron chi connectivity index (χ4n) is 5.40. The largest absolute Gasteiger partial charge is 0.454 e. The third kappa shape index (κ3) is 4.73. The van der Waals surface area contributed by atoms with Gasteiger partial charge in [-0.2, -0.15) is 0 Å². The first-order valence-corrected chi connectivity index (χ1v) is 13.0. The van der Waals surface area contributed by atoms with Crippen LogP contribution in [0.4, 0.5) is 0 Å². The molecule has 4 nitrogen and oxygen atoms in total. The average Bonchev–Trinajstić information content (AvgIpc) is 2.99. The molecule has 4 aromatic carbocycles. The zero-order chi connectivity index (χ0) is 25.9. The predicted octanol–water partition coefficient (Wildman–Crippen LogP) is 7.21. The Bertz CT molecular complexity index is 1610. The van der Waals surface area contributed by atoms with Gasteiger partial charge in [0.05, 0.1) is 11.1 Å². The van der Waals surface area contributed by atoms with E-state index in [1.807, 2.05) is 72.8 Å². The first kappa shape index (κ1) is 23.8. The summed E-state index contributed by atoms with van der Waals surface area (Å²) in [6, 6.07) is 35.5. The topological polar surface area (TPSA) is 56.3 Å². The molecule has 0 aliphatic heterocycles. The number of hydrogen-bond acceptors (Lipinski definition) is 4. The molecule has 0 bridgehead atoms. The van der Waals surface area contributed by atoms with Gasteiger partial charge in [-0.3, -0.25) is 9.78 Å². The number of ether oxygens (including phenoxy) is 1. The number of esters is 1. The maximum absolute atomic E-state index is 13.5. The number of pyridine rings is 1. The summed E-state index contributed by atoms with van der Waals surface area (Å²) in [4.78, 5) is 31.4. The molecule has 6 rings (SSSR count). The third-order valence-corrected chi connectivity index (χ3v) is 7.38. The van der Waals surface area contributed by atoms with Crippen LogP contribution in [0.1, 0.15) is 49.9 Å². The minimum absolute atomic E-state index is 0.229. The molecule has 0 saturated heterocycles. The minimum atomic E-state index is -0.470. The van der Waals surface area contributed by atoms with Crippen LogP contribution in [0.5, 0.6) is 0 Å². The fraction of sp³-hybridized carbons (Fsp3) is 0.147. The molecule has 38 heavy (non-hydrogen) atoms. The van der Waals surface area contributed by atoms with E-state index in [1.165, 1.54) is 5.56 Å². The zero-order valence-electron chi connectivity index (χ0n) is 21.0. The Labute approximate surface area is 221 Å². The summed E-state index contributed by atoms with van der Waals surface area (Å²) in [5.74, 6) is -0.391. The molecule has 186 valence electrons. The predicted molar refractivity (Wildman–Crippen MR) is 149 cm³/mol. The number of carbonyl (C=O) groups excluding carboxylic acids is 2. The second-order valence-electron chi connectivity index (χ2n) is 9.72. The molecule has 5 aromatic rings. The normalized spacial score (nSPS) is 14.6. The van der Waals surface area contributed by atoms with E-state index < -0.39 is 5.97 Å². The molecule has 1 aliphatic carbocycles. The van der Waals surface area contributed by atoms with E-state index in [1.54, 1.807) is 12.1 Å². The molecular formula is C34H27NO3. The molecule has 0 fully saturated rings. The number of aryl methyl sites for hydroxylation is 1. The highest BCUT2D eigenvalue weighted by Gasteiger charge is 2.28. The van der Waals surface area contributed by atoms with Gasteiger partial charge in [-0.1, -0.05) is 103 Å². The number of Topliss-reactive ketones (excluding diaryl/α,β-unsaturated/α-hetero) is 1. The van der Waals surface area contributed by atoms with Crippen LogP contribution < -0.4 is 0 Å². The lowest BCUT2D eigenvalue weighted by Gasteiger charge is -2.26. The van der Waals surface area contributed by atoms with Crippen molar-refractivity contribution in [2.24, 2.45) is 0 Å². The van der Waals surface area contributed by atoms with Crippen molar-refractivity contribution in [2.45, 2.75) is 25.2 Å². The molecular weight excluding hydrogens is 470 g/mol. The van der Waals surface area contributed by atoms with Crippen molar-refractivity contribution in [2.75, 3.05) is 6.61 Å². The summed E-state index contributed by atoms with van der Waals surface area (Å²) in [6.07, 6.45) is 2.50. The van der Waals surface area contributed by atoms with Gasteiger partial charge in [0.2, 0.25) is 0 Å². The average molecular weight is 498 g/mol. The number of rotatable bonds is 6. The number of ketones is 1. The molecule has 4 heteroatoms. The minimum Gasteiger partial charge on any atom is -0.454 e. The number of carbonyl (C=O) groups is 2. The third-order valence-electron chi connectivity index (χ3n) is 7.38. The molecule has 1 heterocycles.